The van der Waals surface area contributed by atoms with Gasteiger partial charge in [-0.2, -0.15) is 0 Å². The van der Waals surface area contributed by atoms with E-state index in [0.29, 0.717) is 0 Å². The Hall–Kier alpha value is -8.98. The number of fused-ring (bicyclic) bond motifs is 9. The van der Waals surface area contributed by atoms with Gasteiger partial charge in [0.05, 0.1) is 10.8 Å². The predicted octanol–water partition coefficient (Wildman–Crippen LogP) is 17.4. The molecule has 2 aliphatic rings. The van der Waals surface area contributed by atoms with Crippen LogP contribution < -0.4 is 4.90 Å². The van der Waals surface area contributed by atoms with Crippen LogP contribution in [0.3, 0.4) is 0 Å². The molecule has 0 radical (unpaired) electrons. The van der Waals surface area contributed by atoms with Gasteiger partial charge in [0, 0.05) is 27.8 Å². The van der Waals surface area contributed by atoms with E-state index >= 15 is 0 Å². The second kappa shape index (κ2) is 15.8. The molecule has 70 heavy (non-hydrogen) atoms. The van der Waals surface area contributed by atoms with Gasteiger partial charge in [0.15, 0.2) is 0 Å². The van der Waals surface area contributed by atoms with Gasteiger partial charge in [-0.25, -0.2) is 0 Å². The highest BCUT2D eigenvalue weighted by molar-refractivity contribution is 6.06. The minimum Gasteiger partial charge on any atom is -0.456 e. The summed E-state index contributed by atoms with van der Waals surface area (Å²) in [4.78, 5) is 2.48. The fourth-order valence-electron chi connectivity index (χ4n) is 12.3. The fourth-order valence-corrected chi connectivity index (χ4v) is 12.3. The second-order valence-electron chi connectivity index (χ2n) is 18.7. The number of benzene rings is 11. The summed E-state index contributed by atoms with van der Waals surface area (Å²) in [6, 6.07) is 101. The molecule has 0 fully saturated rings. The number of rotatable bonds is 8. The molecular formula is C68H45NO. The lowest BCUT2D eigenvalue weighted by Gasteiger charge is -2.35. The Labute approximate surface area is 408 Å². The average molecular weight is 892 g/mol. The quantitative estimate of drug-likeness (QED) is 0.151. The average Bonchev–Trinajstić information content (AvgIpc) is 4.06. The van der Waals surface area contributed by atoms with Crippen LogP contribution in [0.15, 0.2) is 277 Å². The van der Waals surface area contributed by atoms with Crippen molar-refractivity contribution in [1.29, 1.82) is 0 Å². The van der Waals surface area contributed by atoms with Gasteiger partial charge < -0.3 is 9.32 Å². The topological polar surface area (TPSA) is 16.4 Å². The summed E-state index contributed by atoms with van der Waals surface area (Å²) in [5, 5.41) is 2.24. The van der Waals surface area contributed by atoms with Gasteiger partial charge >= 0.3 is 0 Å². The third-order valence-electron chi connectivity index (χ3n) is 15.2. The highest BCUT2D eigenvalue weighted by atomic mass is 16.3. The van der Waals surface area contributed by atoms with Crippen molar-refractivity contribution in [1.82, 2.24) is 0 Å². The summed E-state index contributed by atoms with van der Waals surface area (Å²) in [5.41, 5.74) is 21.4. The molecule has 1 aromatic heterocycles. The van der Waals surface area contributed by atoms with E-state index in [0.717, 1.165) is 50.1 Å². The van der Waals surface area contributed by atoms with Crippen molar-refractivity contribution in [3.63, 3.8) is 0 Å². The molecule has 0 saturated carbocycles. The van der Waals surface area contributed by atoms with Crippen LogP contribution in [0, 0.1) is 0 Å². The number of hydrogen-bond acceptors (Lipinski definition) is 2. The van der Waals surface area contributed by atoms with Crippen LogP contribution in [0.4, 0.5) is 17.1 Å². The second-order valence-corrected chi connectivity index (χ2v) is 18.7. The summed E-state index contributed by atoms with van der Waals surface area (Å²) in [7, 11) is 0. The van der Waals surface area contributed by atoms with Gasteiger partial charge in [-0.15, -0.1) is 0 Å². The fraction of sp³-hybridized carbons (Fsp3) is 0.0294. The molecule has 0 saturated heterocycles. The lowest BCUT2D eigenvalue weighted by Crippen LogP contribution is -2.29. The maximum atomic E-state index is 6.29. The smallest absolute Gasteiger partial charge is 0.135 e. The van der Waals surface area contributed by atoms with E-state index in [2.05, 4.69) is 266 Å². The number of furan rings is 1. The molecule has 1 heterocycles. The summed E-state index contributed by atoms with van der Waals surface area (Å²) < 4.78 is 6.29. The van der Waals surface area contributed by atoms with Crippen LogP contribution in [0.2, 0.25) is 0 Å². The van der Waals surface area contributed by atoms with Crippen molar-refractivity contribution in [3.8, 4) is 33.4 Å². The number of hydrogen-bond donors (Lipinski definition) is 0. The molecule has 328 valence electrons. The highest BCUT2D eigenvalue weighted by Gasteiger charge is 2.48. The maximum absolute atomic E-state index is 6.29. The molecule has 0 bridgehead atoms. The standard InChI is InChI=1S/C68H45NO/c1-5-21-48(22-6-1)67(49-23-7-2-8-24-49)62-34-17-14-31-56(62)59-44-53(38-40-63(59)67)69(52-29-19-20-46(42-52)47-36-41-66-60(43-47)58-32-15-18-35-65(58)70-66)54-37-39-57-55-30-13-16-33-61(55)68(64(57)45-54,50-25-9-3-10-26-50)51-27-11-4-12-28-51/h1-45H. The van der Waals surface area contributed by atoms with Crippen LogP contribution in [0.1, 0.15) is 44.5 Å². The zero-order valence-corrected chi connectivity index (χ0v) is 38.3. The molecule has 0 unspecified atom stereocenters. The van der Waals surface area contributed by atoms with Crippen LogP contribution in [0.25, 0.3) is 55.3 Å². The van der Waals surface area contributed by atoms with E-state index in [1.807, 2.05) is 12.1 Å². The SMILES string of the molecule is c1ccc(C2(c3ccccc3)c3ccccc3-c3cc(N(c4cccc(-c5ccc6oc7ccccc7c6c5)c4)c4ccc5c(c4)C(c4ccccc4)(c4ccccc4)c4ccccc4-5)ccc32)cc1. The molecule has 0 spiro atoms. The molecule has 0 N–H and O–H groups in total. The molecule has 2 heteroatoms. The van der Waals surface area contributed by atoms with E-state index < -0.39 is 10.8 Å². The van der Waals surface area contributed by atoms with Crippen LogP contribution >= 0.6 is 0 Å². The first-order valence-electron chi connectivity index (χ1n) is 24.2. The Balaban J connectivity index is 1.02. The van der Waals surface area contributed by atoms with E-state index in [1.54, 1.807) is 0 Å². The zero-order chi connectivity index (χ0) is 46.2. The molecule has 14 rings (SSSR count). The van der Waals surface area contributed by atoms with Crippen LogP contribution in [-0.4, -0.2) is 0 Å². The van der Waals surface area contributed by atoms with E-state index in [9.17, 15) is 0 Å². The van der Waals surface area contributed by atoms with Crippen LogP contribution in [-0.2, 0) is 10.8 Å². The monoisotopic (exact) mass is 891 g/mol. The zero-order valence-electron chi connectivity index (χ0n) is 38.3. The van der Waals surface area contributed by atoms with Crippen molar-refractivity contribution in [2.24, 2.45) is 0 Å². The minimum atomic E-state index is -0.553. The number of para-hydroxylation sites is 1. The van der Waals surface area contributed by atoms with Crippen molar-refractivity contribution in [3.05, 3.63) is 317 Å². The first-order valence-corrected chi connectivity index (χ1v) is 24.2. The molecule has 0 atom stereocenters. The summed E-state index contributed by atoms with van der Waals surface area (Å²) in [6.07, 6.45) is 0. The molecule has 0 aliphatic heterocycles. The van der Waals surface area contributed by atoms with Crippen molar-refractivity contribution >= 4 is 39.0 Å². The van der Waals surface area contributed by atoms with Crippen molar-refractivity contribution in [2.75, 3.05) is 4.90 Å². The van der Waals surface area contributed by atoms with Gasteiger partial charge in [-0.1, -0.05) is 218 Å². The third-order valence-corrected chi connectivity index (χ3v) is 15.2. The predicted molar refractivity (Wildman–Crippen MR) is 288 cm³/mol. The van der Waals surface area contributed by atoms with E-state index in [4.69, 9.17) is 4.42 Å². The maximum Gasteiger partial charge on any atom is 0.135 e. The molecular weight excluding hydrogens is 847 g/mol. The first kappa shape index (κ1) is 40.1. The van der Waals surface area contributed by atoms with Gasteiger partial charge in [0.1, 0.15) is 11.2 Å². The van der Waals surface area contributed by atoms with Gasteiger partial charge in [0.2, 0.25) is 0 Å². The molecule has 2 aliphatic carbocycles. The largest absolute Gasteiger partial charge is 0.456 e. The Kier molecular flexibility index (Phi) is 9.06. The summed E-state index contributed by atoms with van der Waals surface area (Å²) in [6.45, 7) is 0. The highest BCUT2D eigenvalue weighted by Crippen LogP contribution is 2.59. The van der Waals surface area contributed by atoms with Gasteiger partial charge in [-0.05, 0) is 132 Å². The Morgan fingerprint density at radius 2 is 0.714 bits per heavy atom. The Bertz CT molecular complexity index is 3870. The summed E-state index contributed by atoms with van der Waals surface area (Å²) >= 11 is 0. The van der Waals surface area contributed by atoms with E-state index in [-0.39, 0.29) is 0 Å². The summed E-state index contributed by atoms with van der Waals surface area (Å²) in [5.74, 6) is 0. The van der Waals surface area contributed by atoms with Crippen LogP contribution in [0.5, 0.6) is 0 Å². The Morgan fingerprint density at radius 1 is 0.257 bits per heavy atom. The lowest BCUT2D eigenvalue weighted by atomic mass is 9.67. The normalized spacial score (nSPS) is 13.7. The van der Waals surface area contributed by atoms with E-state index in [1.165, 1.54) is 66.8 Å². The van der Waals surface area contributed by atoms with Crippen molar-refractivity contribution < 1.29 is 4.42 Å². The van der Waals surface area contributed by atoms with Gasteiger partial charge in [-0.3, -0.25) is 0 Å². The minimum absolute atomic E-state index is 0.502. The lowest BCUT2D eigenvalue weighted by molar-refractivity contribution is 0.669. The number of anilines is 3. The molecule has 0 amide bonds. The Morgan fingerprint density at radius 3 is 1.36 bits per heavy atom. The molecule has 2 nitrogen and oxygen atoms in total. The molecule has 11 aromatic carbocycles. The third kappa shape index (κ3) is 5.80. The first-order chi connectivity index (χ1) is 34.7. The van der Waals surface area contributed by atoms with Gasteiger partial charge in [0.25, 0.3) is 0 Å². The van der Waals surface area contributed by atoms with Crippen molar-refractivity contribution in [2.45, 2.75) is 10.8 Å². The number of nitrogens with zero attached hydrogens (tertiary/aromatic N) is 1. The molecule has 12 aromatic rings.